The van der Waals surface area contributed by atoms with Gasteiger partial charge < -0.3 is 0 Å². The molecule has 14 heavy (non-hydrogen) atoms. The lowest BCUT2D eigenvalue weighted by Crippen LogP contribution is -1.74. The molecule has 1 aromatic rings. The first kappa shape index (κ1) is 12.1. The van der Waals surface area contributed by atoms with E-state index in [-0.39, 0.29) is 0 Å². The third-order valence-corrected chi connectivity index (χ3v) is 4.80. The van der Waals surface area contributed by atoms with Crippen molar-refractivity contribution in [3.63, 3.8) is 0 Å². The van der Waals surface area contributed by atoms with Crippen molar-refractivity contribution < 1.29 is 0 Å². The van der Waals surface area contributed by atoms with Crippen molar-refractivity contribution in [2.24, 2.45) is 0 Å². The summed E-state index contributed by atoms with van der Waals surface area (Å²) in [6, 6.07) is 8.61. The number of rotatable bonds is 4. The Bertz CT molecular complexity index is 301. The van der Waals surface area contributed by atoms with Gasteiger partial charge in [-0.2, -0.15) is 0 Å². The van der Waals surface area contributed by atoms with Crippen LogP contribution in [0.1, 0.15) is 11.1 Å². The molecule has 0 N–H and O–H groups in total. The first-order chi connectivity index (χ1) is 6.76. The van der Waals surface area contributed by atoms with E-state index in [1.807, 2.05) is 10.8 Å². The summed E-state index contributed by atoms with van der Waals surface area (Å²) >= 11 is 1.80. The lowest BCUT2D eigenvalue weighted by atomic mass is 10.1. The molecule has 0 aliphatic carbocycles. The van der Waals surface area contributed by atoms with Crippen molar-refractivity contribution in [3.05, 3.63) is 39.6 Å². The normalized spacial score (nSPS) is 11.8. The highest BCUT2D eigenvalue weighted by atomic mass is 33.1. The van der Waals surface area contributed by atoms with Crippen molar-refractivity contribution in [2.45, 2.75) is 6.92 Å². The van der Waals surface area contributed by atoms with Crippen molar-refractivity contribution in [1.82, 2.24) is 0 Å². The fraction of sp³-hybridized carbons (Fsp3) is 0.273. The second kappa shape index (κ2) is 6.49. The molecule has 0 heterocycles. The van der Waals surface area contributed by atoms with Crippen molar-refractivity contribution in [1.29, 1.82) is 0 Å². The number of aryl methyl sites for hydroxylation is 1. The van der Waals surface area contributed by atoms with E-state index in [0.717, 1.165) is 0 Å². The third kappa shape index (κ3) is 4.03. The Kier molecular flexibility index (Phi) is 5.60. The molecule has 0 saturated heterocycles. The first-order valence-electron chi connectivity index (χ1n) is 4.29. The molecular weight excluding hydrogens is 228 g/mol. The lowest BCUT2D eigenvalue weighted by molar-refractivity contribution is 1.46. The maximum Gasteiger partial charge on any atom is 0.0513 e. The van der Waals surface area contributed by atoms with Gasteiger partial charge in [-0.1, -0.05) is 51.4 Å². The van der Waals surface area contributed by atoms with Gasteiger partial charge in [0.15, 0.2) is 0 Å². The summed E-state index contributed by atoms with van der Waals surface area (Å²) in [7, 11) is 3.60. The minimum Gasteiger partial charge on any atom is -0.122 e. The zero-order valence-corrected chi connectivity index (χ0v) is 11.1. The van der Waals surface area contributed by atoms with Crippen LogP contribution in [0.3, 0.4) is 0 Å². The van der Waals surface area contributed by atoms with Crippen LogP contribution in [0.15, 0.2) is 28.5 Å². The van der Waals surface area contributed by atoms with Gasteiger partial charge in [0, 0.05) is 0 Å². The zero-order chi connectivity index (χ0) is 10.4. The van der Waals surface area contributed by atoms with E-state index in [2.05, 4.69) is 49.8 Å². The molecule has 3 heteroatoms. The smallest absolute Gasteiger partial charge is 0.0513 e. The van der Waals surface area contributed by atoms with Gasteiger partial charge in [-0.05, 0) is 31.1 Å². The molecule has 0 saturated carbocycles. The minimum atomic E-state index is 1.28. The van der Waals surface area contributed by atoms with Crippen molar-refractivity contribution in [3.8, 4) is 0 Å². The topological polar surface area (TPSA) is 0 Å². The van der Waals surface area contributed by atoms with Gasteiger partial charge in [0.2, 0.25) is 0 Å². The van der Waals surface area contributed by atoms with E-state index >= 15 is 0 Å². The number of benzene rings is 1. The van der Waals surface area contributed by atoms with E-state index in [1.165, 1.54) is 15.4 Å². The number of hydrogen-bond donors (Lipinski definition) is 0. The maximum absolute atomic E-state index is 2.23. The monoisotopic (exact) mass is 242 g/mol. The van der Waals surface area contributed by atoms with Gasteiger partial charge in [-0.15, -0.1) is 11.8 Å². The van der Waals surface area contributed by atoms with Crippen molar-refractivity contribution >= 4 is 39.4 Å². The summed E-state index contributed by atoms with van der Waals surface area (Å²) < 4.78 is 1.35. The summed E-state index contributed by atoms with van der Waals surface area (Å²) in [4.78, 5) is 0. The summed E-state index contributed by atoms with van der Waals surface area (Å²) in [5.41, 5.74) is 2.59. The highest BCUT2D eigenvalue weighted by Crippen LogP contribution is 2.35. The van der Waals surface area contributed by atoms with Gasteiger partial charge in [0.25, 0.3) is 0 Å². The molecule has 0 bridgehead atoms. The van der Waals surface area contributed by atoms with Gasteiger partial charge in [-0.25, -0.2) is 0 Å². The quantitative estimate of drug-likeness (QED) is 0.704. The predicted molar refractivity (Wildman–Crippen MR) is 73.8 cm³/mol. The molecule has 0 aromatic heterocycles. The predicted octanol–water partition coefficient (Wildman–Crippen LogP) is 4.67. The van der Waals surface area contributed by atoms with E-state index in [4.69, 9.17) is 0 Å². The molecule has 0 atom stereocenters. The Morgan fingerprint density at radius 3 is 2.29 bits per heavy atom. The highest BCUT2D eigenvalue weighted by Gasteiger charge is 1.95. The summed E-state index contributed by atoms with van der Waals surface area (Å²) in [6.07, 6.45) is 6.44. The molecule has 1 rings (SSSR count). The fourth-order valence-corrected chi connectivity index (χ4v) is 3.73. The van der Waals surface area contributed by atoms with Gasteiger partial charge in [0.1, 0.15) is 0 Å². The van der Waals surface area contributed by atoms with Gasteiger partial charge in [-0.3, -0.25) is 0 Å². The second-order valence-corrected chi connectivity index (χ2v) is 6.37. The Morgan fingerprint density at radius 1 is 1.14 bits per heavy atom. The van der Waals surface area contributed by atoms with Crippen LogP contribution in [0.2, 0.25) is 0 Å². The third-order valence-electron chi connectivity index (χ3n) is 1.73. The van der Waals surface area contributed by atoms with Gasteiger partial charge >= 0.3 is 0 Å². The highest BCUT2D eigenvalue weighted by molar-refractivity contribution is 8.79. The van der Waals surface area contributed by atoms with Crippen LogP contribution in [-0.2, 0) is 0 Å². The minimum absolute atomic E-state index is 1.28. The summed E-state index contributed by atoms with van der Waals surface area (Å²) in [5.74, 6) is 0. The SMILES string of the molecule is CSS/C(=C/c1ccc(C)cc1)SC. The van der Waals surface area contributed by atoms with E-state index < -0.39 is 0 Å². The van der Waals surface area contributed by atoms with Crippen LogP contribution in [0.5, 0.6) is 0 Å². The first-order valence-corrected chi connectivity index (χ1v) is 8.07. The van der Waals surface area contributed by atoms with Crippen LogP contribution < -0.4 is 0 Å². The Hall–Kier alpha value is 0.01000. The van der Waals surface area contributed by atoms with Crippen LogP contribution in [0.25, 0.3) is 6.08 Å². The zero-order valence-electron chi connectivity index (χ0n) is 8.61. The van der Waals surface area contributed by atoms with Crippen LogP contribution in [0, 0.1) is 6.92 Å². The van der Waals surface area contributed by atoms with Crippen LogP contribution >= 0.6 is 33.3 Å². The van der Waals surface area contributed by atoms with E-state index in [0.29, 0.717) is 0 Å². The average Bonchev–Trinajstić information content (AvgIpc) is 2.20. The fourth-order valence-electron chi connectivity index (χ4n) is 0.998. The molecule has 0 fully saturated rings. The molecular formula is C11H14S3. The van der Waals surface area contributed by atoms with E-state index in [9.17, 15) is 0 Å². The second-order valence-electron chi connectivity index (χ2n) is 2.83. The molecule has 0 aliphatic heterocycles. The molecule has 0 amide bonds. The molecule has 0 nitrogen and oxygen atoms in total. The molecule has 1 aromatic carbocycles. The molecule has 0 aliphatic rings. The summed E-state index contributed by atoms with van der Waals surface area (Å²) in [5, 5.41) is 0. The van der Waals surface area contributed by atoms with Crippen LogP contribution in [-0.4, -0.2) is 12.5 Å². The number of thioether (sulfide) groups is 1. The van der Waals surface area contributed by atoms with E-state index in [1.54, 1.807) is 22.6 Å². The molecule has 0 radical (unpaired) electrons. The number of hydrogen-bond acceptors (Lipinski definition) is 3. The Labute approximate surface area is 98.3 Å². The average molecular weight is 242 g/mol. The molecule has 0 spiro atoms. The largest absolute Gasteiger partial charge is 0.122 e. The molecule has 76 valence electrons. The Balaban J connectivity index is 2.78. The summed E-state index contributed by atoms with van der Waals surface area (Å²) in [6.45, 7) is 2.11. The van der Waals surface area contributed by atoms with Gasteiger partial charge in [0.05, 0.1) is 4.24 Å². The lowest BCUT2D eigenvalue weighted by Gasteiger charge is -2.01. The maximum atomic E-state index is 2.23. The van der Waals surface area contributed by atoms with Crippen molar-refractivity contribution in [2.75, 3.05) is 12.5 Å². The molecule has 0 unspecified atom stereocenters. The standard InChI is InChI=1S/C11H14S3/c1-9-4-6-10(7-5-9)8-11(12-2)14-13-3/h4-8H,1-3H3/b11-8+. The van der Waals surface area contributed by atoms with Crippen LogP contribution in [0.4, 0.5) is 0 Å². The Morgan fingerprint density at radius 2 is 1.79 bits per heavy atom.